The molecule has 1 amide bonds. The summed E-state index contributed by atoms with van der Waals surface area (Å²) in [5.74, 6) is 0.210. The van der Waals surface area contributed by atoms with E-state index in [9.17, 15) is 13.2 Å². The number of benzene rings is 2. The van der Waals surface area contributed by atoms with Crippen LogP contribution in [0.3, 0.4) is 0 Å². The molecule has 0 aliphatic carbocycles. The van der Waals surface area contributed by atoms with Crippen LogP contribution >= 0.6 is 0 Å². The van der Waals surface area contributed by atoms with Crippen LogP contribution in [0.1, 0.15) is 25.8 Å². The smallest absolute Gasteiger partial charge is 0.261 e. The minimum atomic E-state index is -3.79. The van der Waals surface area contributed by atoms with Gasteiger partial charge >= 0.3 is 0 Å². The fraction of sp³-hybridized carbons (Fsp3) is 0.278. The number of rotatable bonds is 7. The van der Waals surface area contributed by atoms with Gasteiger partial charge in [-0.05, 0) is 43.7 Å². The molecule has 0 atom stereocenters. The molecule has 2 N–H and O–H groups in total. The largest absolute Gasteiger partial charge is 0.492 e. The van der Waals surface area contributed by atoms with Gasteiger partial charge < -0.3 is 10.1 Å². The van der Waals surface area contributed by atoms with Crippen LogP contribution in [0, 0.1) is 6.92 Å². The average molecular weight is 362 g/mol. The Labute approximate surface area is 148 Å². The van der Waals surface area contributed by atoms with Crippen LogP contribution < -0.4 is 14.8 Å². The second-order valence-electron chi connectivity index (χ2n) is 5.41. The van der Waals surface area contributed by atoms with Crippen molar-refractivity contribution in [1.82, 2.24) is 0 Å². The molecule has 0 fully saturated rings. The van der Waals surface area contributed by atoms with E-state index in [4.69, 9.17) is 4.74 Å². The number of nitrogens with one attached hydrogen (secondary N) is 2. The zero-order chi connectivity index (χ0) is 18.4. The molecule has 7 heteroatoms. The first-order valence-corrected chi connectivity index (χ1v) is 9.50. The van der Waals surface area contributed by atoms with Crippen molar-refractivity contribution in [3.05, 3.63) is 48.0 Å². The van der Waals surface area contributed by atoms with Crippen molar-refractivity contribution in [3.63, 3.8) is 0 Å². The van der Waals surface area contributed by atoms with Crippen molar-refractivity contribution >= 4 is 27.3 Å². The quantitative estimate of drug-likeness (QED) is 0.789. The van der Waals surface area contributed by atoms with E-state index in [0.29, 0.717) is 23.7 Å². The van der Waals surface area contributed by atoms with E-state index in [2.05, 4.69) is 10.0 Å². The maximum absolute atomic E-state index is 12.7. The van der Waals surface area contributed by atoms with E-state index in [0.717, 1.165) is 5.56 Å². The molecule has 0 aliphatic heterocycles. The van der Waals surface area contributed by atoms with Crippen LogP contribution in [-0.2, 0) is 14.8 Å². The maximum Gasteiger partial charge on any atom is 0.261 e. The molecule has 2 aromatic rings. The highest BCUT2D eigenvalue weighted by atomic mass is 32.2. The fourth-order valence-electron chi connectivity index (χ4n) is 2.18. The zero-order valence-electron chi connectivity index (χ0n) is 14.5. The standard InChI is InChI=1S/C18H22N2O4S/c1-4-18(21)19-16-12-14(10-11-17(16)24-5-2)25(22,23)20-15-9-7-6-8-13(15)3/h6-12,20H,4-5H2,1-3H3,(H,19,21). The van der Waals surface area contributed by atoms with E-state index in [1.807, 2.05) is 26.0 Å². The third kappa shape index (κ3) is 4.73. The monoisotopic (exact) mass is 362 g/mol. The third-order valence-electron chi connectivity index (χ3n) is 3.55. The molecule has 0 saturated carbocycles. The topological polar surface area (TPSA) is 84.5 Å². The third-order valence-corrected chi connectivity index (χ3v) is 4.91. The van der Waals surface area contributed by atoms with Crippen LogP contribution in [0.15, 0.2) is 47.4 Å². The van der Waals surface area contributed by atoms with Gasteiger partial charge in [0.05, 0.1) is 22.9 Å². The van der Waals surface area contributed by atoms with Crippen molar-refractivity contribution in [1.29, 1.82) is 0 Å². The van der Waals surface area contributed by atoms with E-state index >= 15 is 0 Å². The summed E-state index contributed by atoms with van der Waals surface area (Å²) in [5.41, 5.74) is 1.66. The van der Waals surface area contributed by atoms with Gasteiger partial charge in [0.1, 0.15) is 5.75 Å². The lowest BCUT2D eigenvalue weighted by Gasteiger charge is -2.14. The minimum absolute atomic E-state index is 0.0469. The van der Waals surface area contributed by atoms with Crippen LogP contribution in [0.2, 0.25) is 0 Å². The molecular weight excluding hydrogens is 340 g/mol. The van der Waals surface area contributed by atoms with Gasteiger partial charge in [-0.15, -0.1) is 0 Å². The Kier molecular flexibility index (Phi) is 6.03. The summed E-state index contributed by atoms with van der Waals surface area (Å²) in [6, 6.07) is 11.5. The van der Waals surface area contributed by atoms with Crippen LogP contribution in [0.4, 0.5) is 11.4 Å². The number of ether oxygens (including phenoxy) is 1. The van der Waals surface area contributed by atoms with Gasteiger partial charge in [-0.3, -0.25) is 9.52 Å². The molecule has 0 aliphatic rings. The Morgan fingerprint density at radius 2 is 1.80 bits per heavy atom. The van der Waals surface area contributed by atoms with Crippen LogP contribution in [0.25, 0.3) is 0 Å². The molecule has 25 heavy (non-hydrogen) atoms. The summed E-state index contributed by atoms with van der Waals surface area (Å²) in [6.45, 7) is 5.76. The van der Waals surface area contributed by atoms with Crippen LogP contribution in [0.5, 0.6) is 5.75 Å². The van der Waals surface area contributed by atoms with E-state index in [1.54, 1.807) is 25.1 Å². The van der Waals surface area contributed by atoms with E-state index in [1.165, 1.54) is 12.1 Å². The summed E-state index contributed by atoms with van der Waals surface area (Å²) in [4.78, 5) is 11.7. The molecule has 6 nitrogen and oxygen atoms in total. The second kappa shape index (κ2) is 8.02. The first-order valence-electron chi connectivity index (χ1n) is 8.02. The summed E-state index contributed by atoms with van der Waals surface area (Å²) in [6.07, 6.45) is 0.282. The van der Waals surface area contributed by atoms with E-state index in [-0.39, 0.29) is 17.2 Å². The fourth-order valence-corrected chi connectivity index (χ4v) is 3.34. The first-order chi connectivity index (χ1) is 11.9. The minimum Gasteiger partial charge on any atom is -0.492 e. The zero-order valence-corrected chi connectivity index (χ0v) is 15.3. The summed E-state index contributed by atoms with van der Waals surface area (Å²) < 4.78 is 33.4. The molecule has 0 heterocycles. The predicted molar refractivity (Wildman–Crippen MR) is 98.5 cm³/mol. The van der Waals surface area contributed by atoms with Gasteiger partial charge in [-0.25, -0.2) is 8.42 Å². The maximum atomic E-state index is 12.7. The molecule has 0 spiro atoms. The van der Waals surface area contributed by atoms with Crippen LogP contribution in [-0.4, -0.2) is 20.9 Å². The number of para-hydroxylation sites is 1. The van der Waals surface area contributed by atoms with Gasteiger partial charge in [0, 0.05) is 6.42 Å². The number of hydrogen-bond acceptors (Lipinski definition) is 4. The molecule has 0 saturated heterocycles. The Morgan fingerprint density at radius 1 is 1.08 bits per heavy atom. The number of aryl methyl sites for hydroxylation is 1. The number of anilines is 2. The predicted octanol–water partition coefficient (Wildman–Crippen LogP) is 3.54. The molecular formula is C18H22N2O4S. The van der Waals surface area contributed by atoms with Gasteiger partial charge in [-0.2, -0.15) is 0 Å². The van der Waals surface area contributed by atoms with Crippen molar-refractivity contribution in [2.24, 2.45) is 0 Å². The molecule has 2 rings (SSSR count). The van der Waals surface area contributed by atoms with Crippen molar-refractivity contribution in [2.75, 3.05) is 16.6 Å². The molecule has 0 radical (unpaired) electrons. The Morgan fingerprint density at radius 3 is 2.44 bits per heavy atom. The molecule has 0 unspecified atom stereocenters. The van der Waals surface area contributed by atoms with Crippen molar-refractivity contribution in [2.45, 2.75) is 32.1 Å². The molecule has 0 aromatic heterocycles. The number of carbonyl (C=O) groups excluding carboxylic acids is 1. The Balaban J connectivity index is 2.38. The van der Waals surface area contributed by atoms with E-state index < -0.39 is 10.0 Å². The lowest BCUT2D eigenvalue weighted by atomic mass is 10.2. The second-order valence-corrected chi connectivity index (χ2v) is 7.10. The molecule has 134 valence electrons. The molecule has 2 aromatic carbocycles. The van der Waals surface area contributed by atoms with Crippen molar-refractivity contribution < 1.29 is 17.9 Å². The van der Waals surface area contributed by atoms with Gasteiger partial charge in [0.15, 0.2) is 0 Å². The Bertz CT molecular complexity index is 863. The Hall–Kier alpha value is -2.54. The van der Waals surface area contributed by atoms with Gasteiger partial charge in [-0.1, -0.05) is 25.1 Å². The van der Waals surface area contributed by atoms with Crippen molar-refractivity contribution in [3.8, 4) is 5.75 Å². The summed E-state index contributed by atoms with van der Waals surface area (Å²) >= 11 is 0. The van der Waals surface area contributed by atoms with Gasteiger partial charge in [0.25, 0.3) is 10.0 Å². The average Bonchev–Trinajstić information content (AvgIpc) is 2.58. The summed E-state index contributed by atoms with van der Waals surface area (Å²) in [7, 11) is -3.79. The highest BCUT2D eigenvalue weighted by molar-refractivity contribution is 7.92. The lowest BCUT2D eigenvalue weighted by Crippen LogP contribution is -2.15. The lowest BCUT2D eigenvalue weighted by molar-refractivity contribution is -0.115. The number of sulfonamides is 1. The highest BCUT2D eigenvalue weighted by Crippen LogP contribution is 2.29. The number of hydrogen-bond donors (Lipinski definition) is 2. The van der Waals surface area contributed by atoms with Gasteiger partial charge in [0.2, 0.25) is 5.91 Å². The number of amides is 1. The highest BCUT2D eigenvalue weighted by Gasteiger charge is 2.18. The summed E-state index contributed by atoms with van der Waals surface area (Å²) in [5, 5.41) is 2.68. The normalized spacial score (nSPS) is 11.0. The SMILES string of the molecule is CCOc1ccc(S(=O)(=O)Nc2ccccc2C)cc1NC(=O)CC. The number of carbonyl (C=O) groups is 1. The molecule has 0 bridgehead atoms. The first kappa shape index (κ1) is 18.8.